The van der Waals surface area contributed by atoms with E-state index >= 15 is 0 Å². The quantitative estimate of drug-likeness (QED) is 0.701. The summed E-state index contributed by atoms with van der Waals surface area (Å²) in [5.41, 5.74) is 0. The molecule has 0 amide bonds. The third-order valence-electron chi connectivity index (χ3n) is 3.08. The molecule has 0 bridgehead atoms. The molecule has 2 aliphatic rings. The zero-order valence-corrected chi connectivity index (χ0v) is 9.04. The summed E-state index contributed by atoms with van der Waals surface area (Å²) in [5, 5.41) is 3.25. The number of carbonyl (C=O) groups is 1. The highest BCUT2D eigenvalue weighted by Gasteiger charge is 2.22. The maximum absolute atomic E-state index is 11.6. The summed E-state index contributed by atoms with van der Waals surface area (Å²) in [6.45, 7) is 3.45. The van der Waals surface area contributed by atoms with Crippen molar-refractivity contribution < 1.29 is 14.3 Å². The van der Waals surface area contributed by atoms with E-state index in [-0.39, 0.29) is 12.1 Å². The molecule has 2 fully saturated rings. The summed E-state index contributed by atoms with van der Waals surface area (Å²) in [6.07, 6.45) is 3.48. The Hall–Kier alpha value is -0.610. The largest absolute Gasteiger partial charge is 0.462 e. The van der Waals surface area contributed by atoms with Crippen molar-refractivity contribution >= 4 is 5.97 Å². The van der Waals surface area contributed by atoms with Crippen LogP contribution in [0.25, 0.3) is 0 Å². The van der Waals surface area contributed by atoms with Crippen molar-refractivity contribution in [3.8, 4) is 0 Å². The maximum Gasteiger partial charge on any atom is 0.306 e. The molecule has 0 radical (unpaired) electrons. The normalized spacial score (nSPS) is 27.9. The molecule has 1 unspecified atom stereocenters. The van der Waals surface area contributed by atoms with E-state index in [1.807, 2.05) is 0 Å². The summed E-state index contributed by atoms with van der Waals surface area (Å²) in [7, 11) is 0. The van der Waals surface area contributed by atoms with Crippen molar-refractivity contribution in [1.82, 2.24) is 5.32 Å². The lowest BCUT2D eigenvalue weighted by Gasteiger charge is -2.22. The van der Waals surface area contributed by atoms with E-state index in [9.17, 15) is 4.79 Å². The molecule has 4 heteroatoms. The topological polar surface area (TPSA) is 47.6 Å². The average molecular weight is 213 g/mol. The second-order valence-corrected chi connectivity index (χ2v) is 4.36. The van der Waals surface area contributed by atoms with Gasteiger partial charge in [-0.3, -0.25) is 4.79 Å². The van der Waals surface area contributed by atoms with Gasteiger partial charge in [0.2, 0.25) is 0 Å². The molecule has 2 heterocycles. The molecule has 15 heavy (non-hydrogen) atoms. The van der Waals surface area contributed by atoms with Crippen LogP contribution in [0.3, 0.4) is 0 Å². The summed E-state index contributed by atoms with van der Waals surface area (Å²) < 4.78 is 10.6. The maximum atomic E-state index is 11.6. The smallest absolute Gasteiger partial charge is 0.306 e. The van der Waals surface area contributed by atoms with Crippen LogP contribution in [0, 0.1) is 5.92 Å². The van der Waals surface area contributed by atoms with E-state index < -0.39 is 0 Å². The molecular weight excluding hydrogens is 194 g/mol. The van der Waals surface area contributed by atoms with Crippen LogP contribution >= 0.6 is 0 Å². The fourth-order valence-electron chi connectivity index (χ4n) is 2.15. The minimum absolute atomic E-state index is 0.0319. The average Bonchev–Trinajstić information content (AvgIpc) is 2.71. The lowest BCUT2D eigenvalue weighted by Crippen LogP contribution is -2.27. The molecule has 86 valence electrons. The molecule has 0 saturated carbocycles. The SMILES string of the molecule is O=C(CC1CCNC1)OC1CCOCC1. The molecule has 0 aromatic heterocycles. The molecule has 0 spiro atoms. The van der Waals surface area contributed by atoms with E-state index in [4.69, 9.17) is 9.47 Å². The second kappa shape index (κ2) is 5.47. The Balaban J connectivity index is 1.66. The number of nitrogens with one attached hydrogen (secondary N) is 1. The Morgan fingerprint density at radius 1 is 1.33 bits per heavy atom. The van der Waals surface area contributed by atoms with Gasteiger partial charge in [-0.25, -0.2) is 0 Å². The number of carbonyl (C=O) groups excluding carboxylic acids is 1. The molecular formula is C11H19NO3. The first-order valence-corrected chi connectivity index (χ1v) is 5.82. The summed E-state index contributed by atoms with van der Waals surface area (Å²) in [6, 6.07) is 0. The monoisotopic (exact) mass is 213 g/mol. The van der Waals surface area contributed by atoms with Crippen LogP contribution in [-0.2, 0) is 14.3 Å². The van der Waals surface area contributed by atoms with Crippen LogP contribution < -0.4 is 5.32 Å². The fraction of sp³-hybridized carbons (Fsp3) is 0.909. The van der Waals surface area contributed by atoms with Crippen LogP contribution in [-0.4, -0.2) is 38.4 Å². The Morgan fingerprint density at radius 2 is 2.13 bits per heavy atom. The molecule has 0 aromatic rings. The van der Waals surface area contributed by atoms with Gasteiger partial charge in [0, 0.05) is 19.3 Å². The summed E-state index contributed by atoms with van der Waals surface area (Å²) >= 11 is 0. The van der Waals surface area contributed by atoms with Gasteiger partial charge in [0.15, 0.2) is 0 Å². The zero-order valence-electron chi connectivity index (χ0n) is 9.04. The van der Waals surface area contributed by atoms with Crippen LogP contribution in [0.15, 0.2) is 0 Å². The molecule has 2 aliphatic heterocycles. The first kappa shape index (κ1) is 10.9. The van der Waals surface area contributed by atoms with Crippen LogP contribution in [0.4, 0.5) is 0 Å². The molecule has 2 saturated heterocycles. The van der Waals surface area contributed by atoms with Gasteiger partial charge < -0.3 is 14.8 Å². The highest BCUT2D eigenvalue weighted by molar-refractivity contribution is 5.70. The van der Waals surface area contributed by atoms with Gasteiger partial charge in [-0.2, -0.15) is 0 Å². The molecule has 0 aromatic carbocycles. The Bertz CT molecular complexity index is 208. The third kappa shape index (κ3) is 3.47. The lowest BCUT2D eigenvalue weighted by molar-refractivity contribution is -0.154. The molecule has 1 atom stereocenters. The van der Waals surface area contributed by atoms with Crippen molar-refractivity contribution in [1.29, 1.82) is 0 Å². The van der Waals surface area contributed by atoms with Crippen molar-refractivity contribution in [2.75, 3.05) is 26.3 Å². The van der Waals surface area contributed by atoms with Gasteiger partial charge in [0.25, 0.3) is 0 Å². The number of rotatable bonds is 3. The van der Waals surface area contributed by atoms with Crippen molar-refractivity contribution in [3.05, 3.63) is 0 Å². The van der Waals surface area contributed by atoms with Crippen molar-refractivity contribution in [2.45, 2.75) is 31.8 Å². The van der Waals surface area contributed by atoms with E-state index in [2.05, 4.69) is 5.32 Å². The minimum Gasteiger partial charge on any atom is -0.462 e. The van der Waals surface area contributed by atoms with Crippen LogP contribution in [0.1, 0.15) is 25.7 Å². The molecule has 4 nitrogen and oxygen atoms in total. The Morgan fingerprint density at radius 3 is 2.80 bits per heavy atom. The minimum atomic E-state index is -0.0319. The first-order valence-electron chi connectivity index (χ1n) is 5.82. The number of esters is 1. The Kier molecular flexibility index (Phi) is 3.97. The van der Waals surface area contributed by atoms with Gasteiger partial charge in [-0.15, -0.1) is 0 Å². The zero-order chi connectivity index (χ0) is 10.5. The van der Waals surface area contributed by atoms with E-state index in [0.717, 1.165) is 45.6 Å². The predicted molar refractivity (Wildman–Crippen MR) is 55.5 cm³/mol. The highest BCUT2D eigenvalue weighted by Crippen LogP contribution is 2.16. The van der Waals surface area contributed by atoms with E-state index in [1.165, 1.54) is 0 Å². The predicted octanol–water partition coefficient (Wildman–Crippen LogP) is 0.708. The van der Waals surface area contributed by atoms with Crippen LogP contribution in [0.2, 0.25) is 0 Å². The number of hydrogen-bond acceptors (Lipinski definition) is 4. The fourth-order valence-corrected chi connectivity index (χ4v) is 2.15. The third-order valence-corrected chi connectivity index (χ3v) is 3.08. The first-order chi connectivity index (χ1) is 7.34. The summed E-state index contributed by atoms with van der Waals surface area (Å²) in [4.78, 5) is 11.6. The van der Waals surface area contributed by atoms with Crippen molar-refractivity contribution in [2.24, 2.45) is 5.92 Å². The van der Waals surface area contributed by atoms with Crippen molar-refractivity contribution in [3.63, 3.8) is 0 Å². The number of hydrogen-bond donors (Lipinski definition) is 1. The van der Waals surface area contributed by atoms with Gasteiger partial charge in [-0.1, -0.05) is 0 Å². The highest BCUT2D eigenvalue weighted by atomic mass is 16.6. The molecule has 1 N–H and O–H groups in total. The lowest BCUT2D eigenvalue weighted by atomic mass is 10.1. The summed E-state index contributed by atoms with van der Waals surface area (Å²) in [5.74, 6) is 0.452. The second-order valence-electron chi connectivity index (χ2n) is 4.36. The van der Waals surface area contributed by atoms with Gasteiger partial charge in [-0.05, 0) is 25.4 Å². The van der Waals surface area contributed by atoms with E-state index in [0.29, 0.717) is 12.3 Å². The Labute approximate surface area is 90.3 Å². The van der Waals surface area contributed by atoms with E-state index in [1.54, 1.807) is 0 Å². The molecule has 0 aliphatic carbocycles. The number of ether oxygens (including phenoxy) is 2. The van der Waals surface area contributed by atoms with Gasteiger partial charge >= 0.3 is 5.97 Å². The van der Waals surface area contributed by atoms with Gasteiger partial charge in [0.05, 0.1) is 13.2 Å². The van der Waals surface area contributed by atoms with Gasteiger partial charge in [0.1, 0.15) is 6.10 Å². The molecule has 2 rings (SSSR count). The van der Waals surface area contributed by atoms with Crippen LogP contribution in [0.5, 0.6) is 0 Å². The standard InChI is InChI=1S/C11H19NO3/c13-11(7-9-1-4-12-8-9)15-10-2-5-14-6-3-10/h9-10,12H,1-8H2.